The molecule has 0 radical (unpaired) electrons. The van der Waals surface area contributed by atoms with Crippen LogP contribution >= 0.6 is 0 Å². The quantitative estimate of drug-likeness (QED) is 0.257. The molecule has 1 aliphatic heterocycles. The van der Waals surface area contributed by atoms with Crippen molar-refractivity contribution in [1.82, 2.24) is 10.3 Å². The Bertz CT molecular complexity index is 1380. The van der Waals surface area contributed by atoms with Gasteiger partial charge in [-0.2, -0.15) is 0 Å². The number of hydrogen-bond acceptors (Lipinski definition) is 8. The van der Waals surface area contributed by atoms with E-state index in [4.69, 9.17) is 18.9 Å². The molecule has 0 unspecified atom stereocenters. The summed E-state index contributed by atoms with van der Waals surface area (Å²) in [6.07, 6.45) is 4.13. The van der Waals surface area contributed by atoms with Gasteiger partial charge in [0.2, 0.25) is 6.79 Å². The highest BCUT2D eigenvalue weighted by molar-refractivity contribution is 5.98. The van der Waals surface area contributed by atoms with Crippen LogP contribution in [-0.4, -0.2) is 48.9 Å². The van der Waals surface area contributed by atoms with Crippen molar-refractivity contribution in [1.29, 1.82) is 0 Å². The number of esters is 2. The second kappa shape index (κ2) is 15.1. The highest BCUT2D eigenvalue weighted by Gasteiger charge is 2.35. The summed E-state index contributed by atoms with van der Waals surface area (Å²) in [5.74, 6) is -1.73. The first-order chi connectivity index (χ1) is 20.7. The van der Waals surface area contributed by atoms with Crippen LogP contribution in [0, 0.1) is 17.7 Å². The Labute approximate surface area is 250 Å². The van der Waals surface area contributed by atoms with Crippen molar-refractivity contribution >= 4 is 17.8 Å². The van der Waals surface area contributed by atoms with Gasteiger partial charge in [-0.15, -0.1) is 0 Å². The molecule has 1 fully saturated rings. The predicted molar refractivity (Wildman–Crippen MR) is 156 cm³/mol. The average Bonchev–Trinajstić information content (AvgIpc) is 3.04. The van der Waals surface area contributed by atoms with Crippen LogP contribution in [-0.2, 0) is 31.9 Å². The van der Waals surface area contributed by atoms with E-state index in [1.54, 1.807) is 12.1 Å². The van der Waals surface area contributed by atoms with E-state index < -0.39 is 36.8 Å². The van der Waals surface area contributed by atoms with Crippen LogP contribution in [0.1, 0.15) is 54.7 Å². The number of aromatic nitrogens is 1. The third-order valence-electron chi connectivity index (χ3n) is 7.66. The van der Waals surface area contributed by atoms with Crippen LogP contribution < -0.4 is 14.8 Å². The average molecular weight is 593 g/mol. The van der Waals surface area contributed by atoms with Gasteiger partial charge in [0.15, 0.2) is 17.2 Å². The van der Waals surface area contributed by atoms with Crippen LogP contribution in [0.2, 0.25) is 0 Å². The second-order valence-corrected chi connectivity index (χ2v) is 10.6. The molecule has 3 aromatic rings. The van der Waals surface area contributed by atoms with Crippen molar-refractivity contribution in [2.45, 2.75) is 58.1 Å². The lowest BCUT2D eigenvalue weighted by atomic mass is 9.77. The molecule has 4 rings (SSSR count). The fraction of sp³-hybridized carbons (Fsp3) is 0.394. The molecule has 0 saturated carbocycles. The molecule has 228 valence electrons. The monoisotopic (exact) mass is 592 g/mol. The normalized spacial score (nSPS) is 20.5. The highest BCUT2D eigenvalue weighted by Crippen LogP contribution is 2.33. The Balaban J connectivity index is 1.54. The first kappa shape index (κ1) is 31.5. The smallest absolute Gasteiger partial charge is 0.328 e. The Kier molecular flexibility index (Phi) is 11.1. The minimum atomic E-state index is -0.925. The second-order valence-electron chi connectivity index (χ2n) is 10.6. The molecule has 2 aromatic carbocycles. The predicted octanol–water partition coefficient (Wildman–Crippen LogP) is 5.06. The molecule has 43 heavy (non-hydrogen) atoms. The number of rotatable bonds is 10. The Morgan fingerprint density at radius 2 is 1.74 bits per heavy atom. The summed E-state index contributed by atoms with van der Waals surface area (Å²) >= 11 is 0. The first-order valence-electron chi connectivity index (χ1n) is 14.3. The molecule has 1 amide bonds. The number of amides is 1. The SMILES string of the molecule is COc1ccnc(C(=O)N[C@H]2CCC[C@H](Cc3ccccc3)[C@@H](Cc3ccc(F)cc3)[C@H](C)OC2=O)c1OCOC(C)=O. The summed E-state index contributed by atoms with van der Waals surface area (Å²) in [6.45, 7) is 2.66. The summed E-state index contributed by atoms with van der Waals surface area (Å²) in [6, 6.07) is 17.2. The van der Waals surface area contributed by atoms with E-state index in [9.17, 15) is 18.8 Å². The van der Waals surface area contributed by atoms with Crippen molar-refractivity contribution < 1.29 is 37.7 Å². The number of cyclic esters (lactones) is 1. The first-order valence-corrected chi connectivity index (χ1v) is 14.3. The minimum Gasteiger partial charge on any atom is -0.493 e. The van der Waals surface area contributed by atoms with Gasteiger partial charge in [-0.25, -0.2) is 14.2 Å². The summed E-state index contributed by atoms with van der Waals surface area (Å²) in [7, 11) is 1.40. The van der Waals surface area contributed by atoms with Gasteiger partial charge >= 0.3 is 11.9 Å². The van der Waals surface area contributed by atoms with Crippen LogP contribution in [0.3, 0.4) is 0 Å². The zero-order valence-electron chi connectivity index (χ0n) is 24.6. The van der Waals surface area contributed by atoms with Gasteiger partial charge in [0.1, 0.15) is 18.0 Å². The van der Waals surface area contributed by atoms with E-state index in [1.807, 2.05) is 25.1 Å². The maximum absolute atomic E-state index is 13.6. The largest absolute Gasteiger partial charge is 0.493 e. The zero-order valence-corrected chi connectivity index (χ0v) is 24.6. The topological polar surface area (TPSA) is 113 Å². The maximum atomic E-state index is 13.6. The van der Waals surface area contributed by atoms with Gasteiger partial charge in [-0.3, -0.25) is 9.59 Å². The molecule has 2 heterocycles. The van der Waals surface area contributed by atoms with Crippen LogP contribution in [0.15, 0.2) is 66.9 Å². The molecular weight excluding hydrogens is 555 g/mol. The van der Waals surface area contributed by atoms with E-state index in [-0.39, 0.29) is 34.8 Å². The number of carbonyl (C=O) groups excluding carboxylic acids is 3. The van der Waals surface area contributed by atoms with E-state index in [2.05, 4.69) is 22.4 Å². The number of nitrogens with one attached hydrogen (secondary N) is 1. The molecule has 1 aliphatic rings. The summed E-state index contributed by atoms with van der Waals surface area (Å²) in [4.78, 5) is 42.2. The maximum Gasteiger partial charge on any atom is 0.328 e. The van der Waals surface area contributed by atoms with Crippen LogP contribution in [0.25, 0.3) is 0 Å². The summed E-state index contributed by atoms with van der Waals surface area (Å²) in [5, 5.41) is 2.77. The van der Waals surface area contributed by atoms with E-state index in [0.717, 1.165) is 18.4 Å². The number of carbonyl (C=O) groups is 3. The third-order valence-corrected chi connectivity index (χ3v) is 7.66. The fourth-order valence-electron chi connectivity index (χ4n) is 5.47. The summed E-state index contributed by atoms with van der Waals surface area (Å²) < 4.78 is 35.3. The number of halogens is 1. The molecule has 1 saturated heterocycles. The number of ether oxygens (including phenoxy) is 4. The van der Waals surface area contributed by atoms with Gasteiger partial charge < -0.3 is 24.3 Å². The Morgan fingerprint density at radius 1 is 1.02 bits per heavy atom. The summed E-state index contributed by atoms with van der Waals surface area (Å²) in [5.41, 5.74) is 2.02. The molecule has 9 nitrogen and oxygen atoms in total. The number of pyridine rings is 1. The fourth-order valence-corrected chi connectivity index (χ4v) is 5.47. The zero-order chi connectivity index (χ0) is 30.8. The standard InChI is InChI=1S/C33H37FN2O7/c1-21-27(19-24-12-14-26(34)15-13-24)25(18-23-8-5-4-6-9-23)10-7-11-28(33(39)43-21)36-32(38)30-31(42-20-41-22(2)37)29(40-3)16-17-35-30/h4-6,8-9,12-17,21,25,27-28H,7,10-11,18-20H2,1-3H3,(H,36,38)/t21-,25+,27-,28-/m0/s1. The van der Waals surface area contributed by atoms with Crippen molar-refractivity contribution in [3.8, 4) is 11.5 Å². The van der Waals surface area contributed by atoms with Gasteiger partial charge in [0.25, 0.3) is 5.91 Å². The number of hydrogen-bond donors (Lipinski definition) is 1. The lowest BCUT2D eigenvalue weighted by Gasteiger charge is -2.31. The minimum absolute atomic E-state index is 0.0177. The highest BCUT2D eigenvalue weighted by atomic mass is 19.1. The molecule has 0 bridgehead atoms. The van der Waals surface area contributed by atoms with Crippen LogP contribution in [0.4, 0.5) is 4.39 Å². The Hall–Kier alpha value is -4.47. The molecule has 10 heteroatoms. The van der Waals surface area contributed by atoms with E-state index in [1.165, 1.54) is 44.0 Å². The van der Waals surface area contributed by atoms with Gasteiger partial charge in [-0.05, 0) is 61.8 Å². The third kappa shape index (κ3) is 8.76. The number of methoxy groups -OCH3 is 1. The lowest BCUT2D eigenvalue weighted by molar-refractivity contribution is -0.154. The van der Waals surface area contributed by atoms with Gasteiger partial charge in [-0.1, -0.05) is 48.9 Å². The Morgan fingerprint density at radius 3 is 2.44 bits per heavy atom. The van der Waals surface area contributed by atoms with E-state index in [0.29, 0.717) is 19.3 Å². The van der Waals surface area contributed by atoms with Gasteiger partial charge in [0.05, 0.1) is 7.11 Å². The number of benzene rings is 2. The molecule has 1 aromatic heterocycles. The molecule has 4 atom stereocenters. The number of nitrogens with zero attached hydrogens (tertiary/aromatic N) is 1. The van der Waals surface area contributed by atoms with Gasteiger partial charge in [0, 0.05) is 25.1 Å². The van der Waals surface area contributed by atoms with Crippen molar-refractivity contribution in [3.63, 3.8) is 0 Å². The van der Waals surface area contributed by atoms with E-state index >= 15 is 0 Å². The van der Waals surface area contributed by atoms with Crippen molar-refractivity contribution in [2.24, 2.45) is 11.8 Å². The molecule has 0 spiro atoms. The molecule has 1 N–H and O–H groups in total. The van der Waals surface area contributed by atoms with Crippen LogP contribution in [0.5, 0.6) is 11.5 Å². The lowest BCUT2D eigenvalue weighted by Crippen LogP contribution is -2.43. The van der Waals surface area contributed by atoms with Crippen molar-refractivity contribution in [3.05, 3.63) is 89.5 Å². The molecule has 0 aliphatic carbocycles. The van der Waals surface area contributed by atoms with Crippen molar-refractivity contribution in [2.75, 3.05) is 13.9 Å². The molecular formula is C33H37FN2O7.